The van der Waals surface area contributed by atoms with Gasteiger partial charge in [-0.1, -0.05) is 0 Å². The minimum Gasteiger partial charge on any atom is -0.495 e. The Balaban J connectivity index is 3.09. The third kappa shape index (κ3) is 3.20. The fourth-order valence-corrected chi connectivity index (χ4v) is 1.84. The van der Waals surface area contributed by atoms with Crippen molar-refractivity contribution >= 4 is 27.7 Å². The van der Waals surface area contributed by atoms with E-state index in [1.165, 1.54) is 14.2 Å². The number of halogens is 1. The molecule has 5 nitrogen and oxygen atoms in total. The van der Waals surface area contributed by atoms with Crippen molar-refractivity contribution in [2.24, 2.45) is 0 Å². The van der Waals surface area contributed by atoms with Gasteiger partial charge in [0.05, 0.1) is 14.2 Å². The molecule has 0 bridgehead atoms. The number of ketones is 1. The fourth-order valence-electron chi connectivity index (χ4n) is 1.29. The maximum absolute atomic E-state index is 11.1. The first kappa shape index (κ1) is 13.5. The number of Topliss-reactive ketones (excluding diaryl/α,β-unsaturated/α-hetero) is 1. The van der Waals surface area contributed by atoms with E-state index in [4.69, 9.17) is 14.6 Å². The van der Waals surface area contributed by atoms with Crippen LogP contribution >= 0.6 is 15.9 Å². The molecule has 0 fully saturated rings. The van der Waals surface area contributed by atoms with Crippen LogP contribution in [0.2, 0.25) is 0 Å². The van der Waals surface area contributed by atoms with Crippen molar-refractivity contribution in [3.8, 4) is 11.5 Å². The van der Waals surface area contributed by atoms with Gasteiger partial charge in [0.15, 0.2) is 0 Å². The standard InChI is InChI=1S/C11H11BrO5/c1-16-8-4-6(3-7(13)11(14)15)5-9(17-2)10(8)12/h4-5H,3H2,1-2H3,(H,14,15). The summed E-state index contributed by atoms with van der Waals surface area (Å²) in [5.41, 5.74) is 0.523. The molecule has 0 aliphatic rings. The Hall–Kier alpha value is -1.56. The van der Waals surface area contributed by atoms with E-state index in [0.29, 0.717) is 21.5 Å². The number of hydrogen-bond acceptors (Lipinski definition) is 4. The van der Waals surface area contributed by atoms with Gasteiger partial charge in [0.25, 0.3) is 0 Å². The van der Waals surface area contributed by atoms with E-state index >= 15 is 0 Å². The molecule has 0 saturated heterocycles. The van der Waals surface area contributed by atoms with Crippen LogP contribution in [0, 0.1) is 0 Å². The summed E-state index contributed by atoms with van der Waals surface area (Å²) in [6.45, 7) is 0. The molecule has 1 aromatic rings. The molecular weight excluding hydrogens is 292 g/mol. The minimum absolute atomic E-state index is 0.199. The summed E-state index contributed by atoms with van der Waals surface area (Å²) in [6, 6.07) is 3.18. The highest BCUT2D eigenvalue weighted by atomic mass is 79.9. The zero-order chi connectivity index (χ0) is 13.0. The lowest BCUT2D eigenvalue weighted by Crippen LogP contribution is -2.15. The average molecular weight is 303 g/mol. The molecule has 0 spiro atoms. The van der Waals surface area contributed by atoms with Gasteiger partial charge in [0.1, 0.15) is 16.0 Å². The van der Waals surface area contributed by atoms with Gasteiger partial charge >= 0.3 is 5.97 Å². The first-order chi connectivity index (χ1) is 7.99. The highest BCUT2D eigenvalue weighted by Gasteiger charge is 2.16. The van der Waals surface area contributed by atoms with E-state index in [9.17, 15) is 9.59 Å². The van der Waals surface area contributed by atoms with Crippen molar-refractivity contribution in [1.82, 2.24) is 0 Å². The van der Waals surface area contributed by atoms with Crippen LogP contribution in [0.4, 0.5) is 0 Å². The number of ether oxygens (including phenoxy) is 2. The zero-order valence-corrected chi connectivity index (χ0v) is 10.9. The Morgan fingerprint density at radius 2 is 1.71 bits per heavy atom. The zero-order valence-electron chi connectivity index (χ0n) is 9.32. The molecule has 0 radical (unpaired) electrons. The van der Waals surface area contributed by atoms with Crippen LogP contribution < -0.4 is 9.47 Å². The predicted octanol–water partition coefficient (Wildman–Crippen LogP) is 1.66. The molecule has 1 N–H and O–H groups in total. The van der Waals surface area contributed by atoms with Crippen molar-refractivity contribution in [1.29, 1.82) is 0 Å². The summed E-state index contributed by atoms with van der Waals surface area (Å²) in [5.74, 6) is -1.36. The van der Waals surface area contributed by atoms with Gasteiger partial charge in [0.2, 0.25) is 5.78 Å². The van der Waals surface area contributed by atoms with Gasteiger partial charge in [-0.05, 0) is 33.6 Å². The number of carboxylic acids is 1. The first-order valence-electron chi connectivity index (χ1n) is 4.66. The molecule has 1 rings (SSSR count). The monoisotopic (exact) mass is 302 g/mol. The Morgan fingerprint density at radius 1 is 1.24 bits per heavy atom. The quantitative estimate of drug-likeness (QED) is 0.838. The van der Waals surface area contributed by atoms with Crippen LogP contribution in [0.5, 0.6) is 11.5 Å². The van der Waals surface area contributed by atoms with Crippen LogP contribution in [0.25, 0.3) is 0 Å². The number of carbonyl (C=O) groups excluding carboxylic acids is 1. The van der Waals surface area contributed by atoms with E-state index in [1.54, 1.807) is 12.1 Å². The molecule has 6 heteroatoms. The second-order valence-electron chi connectivity index (χ2n) is 3.22. The van der Waals surface area contributed by atoms with E-state index < -0.39 is 11.8 Å². The maximum atomic E-state index is 11.1. The van der Waals surface area contributed by atoms with Crippen molar-refractivity contribution < 1.29 is 24.2 Å². The topological polar surface area (TPSA) is 72.8 Å². The molecular formula is C11H11BrO5. The highest BCUT2D eigenvalue weighted by Crippen LogP contribution is 2.35. The van der Waals surface area contributed by atoms with Crippen molar-refractivity contribution in [2.45, 2.75) is 6.42 Å². The molecule has 0 saturated carbocycles. The number of carboxylic acid groups (broad SMARTS) is 1. The normalized spacial score (nSPS) is 9.82. The number of carbonyl (C=O) groups is 2. The lowest BCUT2D eigenvalue weighted by atomic mass is 10.1. The number of aliphatic carboxylic acids is 1. The van der Waals surface area contributed by atoms with Gasteiger partial charge < -0.3 is 14.6 Å². The molecule has 0 unspecified atom stereocenters. The Bertz CT molecular complexity index is 430. The highest BCUT2D eigenvalue weighted by molar-refractivity contribution is 9.10. The SMILES string of the molecule is COc1cc(CC(=O)C(=O)O)cc(OC)c1Br. The van der Waals surface area contributed by atoms with Crippen molar-refractivity contribution in [3.63, 3.8) is 0 Å². The smallest absolute Gasteiger partial charge is 0.372 e. The molecule has 92 valence electrons. The predicted molar refractivity (Wildman–Crippen MR) is 63.6 cm³/mol. The molecule has 0 heterocycles. The number of benzene rings is 1. The van der Waals surface area contributed by atoms with E-state index in [1.807, 2.05) is 0 Å². The van der Waals surface area contributed by atoms with Gasteiger partial charge in [-0.3, -0.25) is 4.79 Å². The van der Waals surface area contributed by atoms with E-state index in [0.717, 1.165) is 0 Å². The second kappa shape index (κ2) is 5.67. The third-order valence-corrected chi connectivity index (χ3v) is 2.89. The Morgan fingerprint density at radius 3 is 2.06 bits per heavy atom. The maximum Gasteiger partial charge on any atom is 0.372 e. The third-order valence-electron chi connectivity index (χ3n) is 2.11. The molecule has 0 amide bonds. The summed E-state index contributed by atoms with van der Waals surface area (Å²) < 4.78 is 10.8. The summed E-state index contributed by atoms with van der Waals surface area (Å²) >= 11 is 3.28. The van der Waals surface area contributed by atoms with Gasteiger partial charge in [-0.2, -0.15) is 0 Å². The van der Waals surface area contributed by atoms with Gasteiger partial charge in [0, 0.05) is 6.42 Å². The van der Waals surface area contributed by atoms with E-state index in [2.05, 4.69) is 15.9 Å². The molecule has 0 aliphatic carbocycles. The Labute approximate surface area is 106 Å². The van der Waals surface area contributed by atoms with Gasteiger partial charge in [-0.15, -0.1) is 0 Å². The molecule has 1 aromatic carbocycles. The molecule has 0 aromatic heterocycles. The van der Waals surface area contributed by atoms with Crippen molar-refractivity contribution in [3.05, 3.63) is 22.2 Å². The number of rotatable bonds is 5. The summed E-state index contributed by atoms with van der Waals surface area (Å²) in [4.78, 5) is 21.6. The molecule has 0 atom stereocenters. The summed E-state index contributed by atoms with van der Waals surface area (Å²) in [5, 5.41) is 8.53. The number of hydrogen-bond donors (Lipinski definition) is 1. The fraction of sp³-hybridized carbons (Fsp3) is 0.273. The van der Waals surface area contributed by atoms with Crippen molar-refractivity contribution in [2.75, 3.05) is 14.2 Å². The number of methoxy groups -OCH3 is 2. The largest absolute Gasteiger partial charge is 0.495 e. The lowest BCUT2D eigenvalue weighted by molar-refractivity contribution is -0.148. The lowest BCUT2D eigenvalue weighted by Gasteiger charge is -2.10. The van der Waals surface area contributed by atoms with Crippen LogP contribution in [0.1, 0.15) is 5.56 Å². The Kier molecular flexibility index (Phi) is 4.51. The van der Waals surface area contributed by atoms with Crippen LogP contribution in [0.15, 0.2) is 16.6 Å². The van der Waals surface area contributed by atoms with E-state index in [-0.39, 0.29) is 6.42 Å². The van der Waals surface area contributed by atoms with Gasteiger partial charge in [-0.25, -0.2) is 4.79 Å². The minimum atomic E-state index is -1.45. The molecule has 17 heavy (non-hydrogen) atoms. The summed E-state index contributed by atoms with van der Waals surface area (Å²) in [7, 11) is 2.95. The molecule has 0 aliphatic heterocycles. The van der Waals surface area contributed by atoms with Crippen LogP contribution in [0.3, 0.4) is 0 Å². The second-order valence-corrected chi connectivity index (χ2v) is 4.01. The average Bonchev–Trinajstić information content (AvgIpc) is 2.30. The summed E-state index contributed by atoms with van der Waals surface area (Å²) in [6.07, 6.45) is -0.199. The van der Waals surface area contributed by atoms with Crippen LogP contribution in [-0.2, 0) is 16.0 Å². The van der Waals surface area contributed by atoms with Crippen LogP contribution in [-0.4, -0.2) is 31.1 Å². The first-order valence-corrected chi connectivity index (χ1v) is 5.45.